The van der Waals surface area contributed by atoms with Crippen LogP contribution < -0.4 is 10.6 Å². The van der Waals surface area contributed by atoms with Crippen molar-refractivity contribution in [1.82, 2.24) is 20.4 Å². The Morgan fingerprint density at radius 3 is 2.78 bits per heavy atom. The summed E-state index contributed by atoms with van der Waals surface area (Å²) in [7, 11) is 1.80. The summed E-state index contributed by atoms with van der Waals surface area (Å²) >= 11 is 1.89. The molecule has 0 bridgehead atoms. The Labute approximate surface area is 142 Å². The van der Waals surface area contributed by atoms with Crippen molar-refractivity contribution in [2.24, 2.45) is 4.99 Å². The Hall–Kier alpha value is -1.95. The molecule has 0 atom stereocenters. The minimum atomic E-state index is 0.706. The lowest BCUT2D eigenvalue weighted by atomic mass is 10.3. The molecule has 0 fully saturated rings. The summed E-state index contributed by atoms with van der Waals surface area (Å²) in [6, 6.07) is 10.1. The van der Waals surface area contributed by atoms with Crippen LogP contribution in [-0.4, -0.2) is 41.3 Å². The Kier molecular flexibility index (Phi) is 7.52. The summed E-state index contributed by atoms with van der Waals surface area (Å²) in [6.45, 7) is 1.65. The van der Waals surface area contributed by atoms with E-state index in [2.05, 4.69) is 27.0 Å². The molecule has 5 nitrogen and oxygen atoms in total. The highest BCUT2D eigenvalue weighted by Crippen LogP contribution is 2.07. The van der Waals surface area contributed by atoms with Crippen molar-refractivity contribution in [3.05, 3.63) is 48.3 Å². The van der Waals surface area contributed by atoms with Gasteiger partial charge in [0.25, 0.3) is 0 Å². The molecule has 0 saturated heterocycles. The first kappa shape index (κ1) is 17.4. The Bertz CT molecular complexity index is 594. The molecule has 0 unspecified atom stereocenters. The summed E-state index contributed by atoms with van der Waals surface area (Å²) in [5, 5.41) is 11.1. The molecule has 1 heterocycles. The van der Waals surface area contributed by atoms with Gasteiger partial charge in [0.05, 0.1) is 11.9 Å². The van der Waals surface area contributed by atoms with E-state index >= 15 is 0 Å². The molecule has 1 aromatic carbocycles. The van der Waals surface area contributed by atoms with Gasteiger partial charge in [0.15, 0.2) is 5.96 Å². The van der Waals surface area contributed by atoms with Crippen molar-refractivity contribution in [3.63, 3.8) is 0 Å². The molecule has 0 radical (unpaired) electrons. The van der Waals surface area contributed by atoms with Crippen LogP contribution >= 0.6 is 11.8 Å². The van der Waals surface area contributed by atoms with Crippen LogP contribution in [0.2, 0.25) is 0 Å². The van der Waals surface area contributed by atoms with Gasteiger partial charge < -0.3 is 10.6 Å². The van der Waals surface area contributed by atoms with Gasteiger partial charge in [0, 0.05) is 31.9 Å². The highest BCUT2D eigenvalue weighted by molar-refractivity contribution is 7.98. The first-order chi connectivity index (χ1) is 11.3. The van der Waals surface area contributed by atoms with Crippen LogP contribution in [0.4, 0.5) is 0 Å². The zero-order valence-electron chi connectivity index (χ0n) is 13.8. The lowest BCUT2D eigenvalue weighted by Gasteiger charge is -2.10. The van der Waals surface area contributed by atoms with Crippen LogP contribution in [0.1, 0.15) is 18.4 Å². The molecule has 0 aliphatic carbocycles. The number of rotatable bonds is 8. The normalized spacial score (nSPS) is 11.5. The van der Waals surface area contributed by atoms with E-state index in [4.69, 9.17) is 0 Å². The van der Waals surface area contributed by atoms with Gasteiger partial charge in [-0.05, 0) is 37.0 Å². The van der Waals surface area contributed by atoms with Gasteiger partial charge in [0.2, 0.25) is 0 Å². The molecule has 6 heteroatoms. The molecular weight excluding hydrogens is 306 g/mol. The first-order valence-electron chi connectivity index (χ1n) is 7.86. The maximum absolute atomic E-state index is 4.40. The van der Waals surface area contributed by atoms with Gasteiger partial charge in [-0.25, -0.2) is 4.68 Å². The molecule has 0 spiro atoms. The average molecular weight is 331 g/mol. The van der Waals surface area contributed by atoms with Gasteiger partial charge in [-0.2, -0.15) is 16.9 Å². The van der Waals surface area contributed by atoms with Gasteiger partial charge in [-0.15, -0.1) is 0 Å². The Morgan fingerprint density at radius 1 is 1.22 bits per heavy atom. The fourth-order valence-corrected chi connectivity index (χ4v) is 2.65. The third-order valence-electron chi connectivity index (χ3n) is 3.41. The van der Waals surface area contributed by atoms with Gasteiger partial charge in [-0.3, -0.25) is 4.99 Å². The predicted molar refractivity (Wildman–Crippen MR) is 99.4 cm³/mol. The third kappa shape index (κ3) is 5.98. The second-order valence-corrected chi connectivity index (χ2v) is 6.17. The molecule has 23 heavy (non-hydrogen) atoms. The molecular formula is C17H25N5S. The predicted octanol–water partition coefficient (Wildman–Crippen LogP) is 2.68. The number of aliphatic imine (C=N–C) groups is 1. The van der Waals surface area contributed by atoms with E-state index in [1.807, 2.05) is 59.2 Å². The first-order valence-corrected chi connectivity index (χ1v) is 9.25. The van der Waals surface area contributed by atoms with E-state index in [9.17, 15) is 0 Å². The Balaban J connectivity index is 1.77. The minimum Gasteiger partial charge on any atom is -0.356 e. The van der Waals surface area contributed by atoms with E-state index in [0.717, 1.165) is 30.2 Å². The second-order valence-electron chi connectivity index (χ2n) is 5.18. The monoisotopic (exact) mass is 331 g/mol. The average Bonchev–Trinajstić information content (AvgIpc) is 3.07. The lowest BCUT2D eigenvalue weighted by molar-refractivity contribution is 0.733. The standard InChI is InChI=1S/C17H25N5S/c1-18-17(19-10-6-7-11-23-2)20-12-15-13-21-22(14-15)16-8-4-3-5-9-16/h3-5,8-9,13-14H,6-7,10-12H2,1-2H3,(H2,18,19,20). The van der Waals surface area contributed by atoms with E-state index in [-0.39, 0.29) is 0 Å². The molecule has 2 rings (SSSR count). The number of hydrogen-bond acceptors (Lipinski definition) is 3. The van der Waals surface area contributed by atoms with Crippen LogP contribution in [0.25, 0.3) is 5.69 Å². The lowest BCUT2D eigenvalue weighted by Crippen LogP contribution is -2.37. The summed E-state index contributed by atoms with van der Waals surface area (Å²) in [6.07, 6.45) is 8.45. The van der Waals surface area contributed by atoms with E-state index in [1.165, 1.54) is 12.2 Å². The molecule has 2 aromatic rings. The number of nitrogens with one attached hydrogen (secondary N) is 2. The second kappa shape index (κ2) is 9.94. The van der Waals surface area contributed by atoms with E-state index in [1.54, 1.807) is 7.05 Å². The molecule has 0 aliphatic heterocycles. The number of guanidine groups is 1. The zero-order chi connectivity index (χ0) is 16.3. The van der Waals surface area contributed by atoms with Gasteiger partial charge >= 0.3 is 0 Å². The molecule has 0 amide bonds. The van der Waals surface area contributed by atoms with Crippen LogP contribution in [-0.2, 0) is 6.54 Å². The smallest absolute Gasteiger partial charge is 0.191 e. The van der Waals surface area contributed by atoms with Crippen LogP contribution in [0.3, 0.4) is 0 Å². The summed E-state index contributed by atoms with van der Waals surface area (Å²) in [4.78, 5) is 4.25. The molecule has 2 N–H and O–H groups in total. The summed E-state index contributed by atoms with van der Waals surface area (Å²) < 4.78 is 1.88. The van der Waals surface area contributed by atoms with Crippen molar-refractivity contribution >= 4 is 17.7 Å². The van der Waals surface area contributed by atoms with Crippen molar-refractivity contribution in [2.45, 2.75) is 19.4 Å². The number of aromatic nitrogens is 2. The largest absolute Gasteiger partial charge is 0.356 e. The summed E-state index contributed by atoms with van der Waals surface area (Å²) in [5.41, 5.74) is 2.19. The molecule has 0 aliphatic rings. The van der Waals surface area contributed by atoms with Crippen LogP contribution in [0, 0.1) is 0 Å². The van der Waals surface area contributed by atoms with Crippen LogP contribution in [0.5, 0.6) is 0 Å². The number of hydrogen-bond donors (Lipinski definition) is 2. The molecule has 0 saturated carbocycles. The van der Waals surface area contributed by atoms with E-state index < -0.39 is 0 Å². The number of para-hydroxylation sites is 1. The van der Waals surface area contributed by atoms with Gasteiger partial charge in [0.1, 0.15) is 0 Å². The van der Waals surface area contributed by atoms with Crippen molar-refractivity contribution in [3.8, 4) is 5.69 Å². The fraction of sp³-hybridized carbons (Fsp3) is 0.412. The highest BCUT2D eigenvalue weighted by atomic mass is 32.2. The fourth-order valence-electron chi connectivity index (χ4n) is 2.16. The number of benzene rings is 1. The Morgan fingerprint density at radius 2 is 2.04 bits per heavy atom. The SMILES string of the molecule is CN=C(NCCCCSC)NCc1cnn(-c2ccccc2)c1. The minimum absolute atomic E-state index is 0.706. The number of unbranched alkanes of at least 4 members (excludes halogenated alkanes) is 1. The third-order valence-corrected chi connectivity index (χ3v) is 4.10. The van der Waals surface area contributed by atoms with Crippen molar-refractivity contribution < 1.29 is 0 Å². The number of thioether (sulfide) groups is 1. The maximum atomic E-state index is 4.40. The zero-order valence-corrected chi connectivity index (χ0v) is 14.6. The van der Waals surface area contributed by atoms with Crippen molar-refractivity contribution in [2.75, 3.05) is 25.6 Å². The van der Waals surface area contributed by atoms with E-state index in [0.29, 0.717) is 6.54 Å². The van der Waals surface area contributed by atoms with Gasteiger partial charge in [-0.1, -0.05) is 18.2 Å². The molecule has 124 valence electrons. The van der Waals surface area contributed by atoms with Crippen molar-refractivity contribution in [1.29, 1.82) is 0 Å². The summed E-state index contributed by atoms with van der Waals surface area (Å²) in [5.74, 6) is 2.05. The van der Waals surface area contributed by atoms with Crippen LogP contribution in [0.15, 0.2) is 47.7 Å². The maximum Gasteiger partial charge on any atom is 0.191 e. The quantitative estimate of drug-likeness (QED) is 0.444. The molecule has 1 aromatic heterocycles. The number of nitrogens with zero attached hydrogens (tertiary/aromatic N) is 3. The topological polar surface area (TPSA) is 54.2 Å². The highest BCUT2D eigenvalue weighted by Gasteiger charge is 2.02.